The van der Waals surface area contributed by atoms with E-state index in [-0.39, 0.29) is 0 Å². The van der Waals surface area contributed by atoms with Crippen LogP contribution in [0.15, 0.2) is 12.3 Å². The Labute approximate surface area is 85.1 Å². The SMILES string of the molecule is C=C1OC(=O)OC1(C)CCCCCC. The molecule has 80 valence electrons. The molecule has 0 aromatic carbocycles. The van der Waals surface area contributed by atoms with Gasteiger partial charge in [-0.05, 0) is 19.8 Å². The highest BCUT2D eigenvalue weighted by molar-refractivity contribution is 5.66. The van der Waals surface area contributed by atoms with Gasteiger partial charge in [-0.2, -0.15) is 0 Å². The minimum atomic E-state index is -0.618. The van der Waals surface area contributed by atoms with Gasteiger partial charge in [0.1, 0.15) is 5.76 Å². The molecule has 14 heavy (non-hydrogen) atoms. The summed E-state index contributed by atoms with van der Waals surface area (Å²) >= 11 is 0. The Bertz CT molecular complexity index is 235. The third-order valence-corrected chi connectivity index (χ3v) is 2.61. The van der Waals surface area contributed by atoms with E-state index in [1.807, 2.05) is 6.92 Å². The lowest BCUT2D eigenvalue weighted by molar-refractivity contribution is 0.0698. The smallest absolute Gasteiger partial charge is 0.419 e. The van der Waals surface area contributed by atoms with Gasteiger partial charge in [-0.1, -0.05) is 32.8 Å². The topological polar surface area (TPSA) is 35.5 Å². The highest BCUT2D eigenvalue weighted by Crippen LogP contribution is 2.33. The molecule has 1 atom stereocenters. The van der Waals surface area contributed by atoms with Crippen molar-refractivity contribution in [2.24, 2.45) is 0 Å². The predicted molar refractivity (Wildman–Crippen MR) is 53.9 cm³/mol. The summed E-state index contributed by atoms with van der Waals surface area (Å²) in [5.41, 5.74) is -0.592. The van der Waals surface area contributed by atoms with E-state index in [9.17, 15) is 4.79 Å². The maximum Gasteiger partial charge on any atom is 0.514 e. The summed E-state index contributed by atoms with van der Waals surface area (Å²) in [4.78, 5) is 10.9. The van der Waals surface area contributed by atoms with Gasteiger partial charge in [-0.15, -0.1) is 0 Å². The van der Waals surface area contributed by atoms with Gasteiger partial charge in [-0.3, -0.25) is 0 Å². The zero-order valence-corrected chi connectivity index (χ0v) is 8.97. The van der Waals surface area contributed by atoms with Crippen LogP contribution in [0.5, 0.6) is 0 Å². The van der Waals surface area contributed by atoms with Crippen LogP contribution in [0.2, 0.25) is 0 Å². The van der Waals surface area contributed by atoms with E-state index in [0.717, 1.165) is 19.3 Å². The van der Waals surface area contributed by atoms with Crippen molar-refractivity contribution in [3.8, 4) is 0 Å². The summed E-state index contributed by atoms with van der Waals surface area (Å²) in [5, 5.41) is 0. The van der Waals surface area contributed by atoms with E-state index in [1.54, 1.807) is 0 Å². The molecule has 1 aliphatic heterocycles. The van der Waals surface area contributed by atoms with Crippen molar-refractivity contribution in [3.05, 3.63) is 12.3 Å². The maximum absolute atomic E-state index is 10.9. The quantitative estimate of drug-likeness (QED) is 0.501. The van der Waals surface area contributed by atoms with Crippen molar-refractivity contribution in [1.82, 2.24) is 0 Å². The van der Waals surface area contributed by atoms with Crippen molar-refractivity contribution in [2.45, 2.75) is 51.6 Å². The molecule has 1 rings (SSSR count). The Morgan fingerprint density at radius 1 is 1.36 bits per heavy atom. The molecule has 0 saturated carbocycles. The number of unbranched alkanes of at least 4 members (excludes halogenated alkanes) is 3. The number of hydrogen-bond donors (Lipinski definition) is 0. The third-order valence-electron chi connectivity index (χ3n) is 2.61. The molecule has 0 radical (unpaired) electrons. The number of ether oxygens (including phenoxy) is 2. The number of carbonyl (C=O) groups is 1. The number of cyclic esters (lactones) is 2. The molecule has 0 bridgehead atoms. The van der Waals surface area contributed by atoms with Crippen LogP contribution < -0.4 is 0 Å². The fraction of sp³-hybridized carbons (Fsp3) is 0.727. The first-order valence-electron chi connectivity index (χ1n) is 5.18. The first-order chi connectivity index (χ1) is 6.58. The zero-order chi connectivity index (χ0) is 10.6. The van der Waals surface area contributed by atoms with Gasteiger partial charge >= 0.3 is 6.16 Å². The van der Waals surface area contributed by atoms with E-state index < -0.39 is 11.8 Å². The van der Waals surface area contributed by atoms with Crippen LogP contribution in [0.25, 0.3) is 0 Å². The van der Waals surface area contributed by atoms with Crippen LogP contribution in [-0.2, 0) is 9.47 Å². The molecule has 0 aliphatic carbocycles. The van der Waals surface area contributed by atoms with Gasteiger partial charge in [-0.25, -0.2) is 4.79 Å². The van der Waals surface area contributed by atoms with Gasteiger partial charge in [0.25, 0.3) is 0 Å². The van der Waals surface area contributed by atoms with Crippen LogP contribution in [0.3, 0.4) is 0 Å². The molecule has 1 heterocycles. The van der Waals surface area contributed by atoms with Gasteiger partial charge in [0.2, 0.25) is 0 Å². The van der Waals surface area contributed by atoms with Crippen molar-refractivity contribution in [1.29, 1.82) is 0 Å². The molecule has 3 heteroatoms. The fourth-order valence-electron chi connectivity index (χ4n) is 1.55. The van der Waals surface area contributed by atoms with E-state index >= 15 is 0 Å². The molecule has 0 aromatic heterocycles. The van der Waals surface area contributed by atoms with Gasteiger partial charge in [0, 0.05) is 0 Å². The lowest BCUT2D eigenvalue weighted by Gasteiger charge is -2.19. The van der Waals surface area contributed by atoms with Crippen molar-refractivity contribution >= 4 is 6.16 Å². The lowest BCUT2D eigenvalue weighted by atomic mass is 9.96. The van der Waals surface area contributed by atoms with Gasteiger partial charge in [0.05, 0.1) is 0 Å². The Morgan fingerprint density at radius 2 is 2.07 bits per heavy atom. The second-order valence-electron chi connectivity index (χ2n) is 3.92. The molecule has 0 N–H and O–H groups in total. The molecule has 1 aliphatic rings. The van der Waals surface area contributed by atoms with E-state index in [2.05, 4.69) is 13.5 Å². The standard InChI is InChI=1S/C11H18O3/c1-4-5-6-7-8-11(3)9(2)13-10(12)14-11/h2,4-8H2,1,3H3. The molecular formula is C11H18O3. The van der Waals surface area contributed by atoms with E-state index in [1.165, 1.54) is 12.8 Å². The van der Waals surface area contributed by atoms with Crippen LogP contribution in [0.4, 0.5) is 4.79 Å². The average molecular weight is 198 g/mol. The monoisotopic (exact) mass is 198 g/mol. The van der Waals surface area contributed by atoms with Crippen LogP contribution in [0.1, 0.15) is 46.0 Å². The first kappa shape index (κ1) is 11.1. The minimum Gasteiger partial charge on any atom is -0.419 e. The van der Waals surface area contributed by atoms with Crippen LogP contribution in [0, 0.1) is 0 Å². The molecule has 0 aromatic rings. The molecule has 3 nitrogen and oxygen atoms in total. The summed E-state index contributed by atoms with van der Waals surface area (Å²) in [6, 6.07) is 0. The second-order valence-corrected chi connectivity index (χ2v) is 3.92. The van der Waals surface area contributed by atoms with Crippen LogP contribution >= 0.6 is 0 Å². The lowest BCUT2D eigenvalue weighted by Crippen LogP contribution is -2.25. The first-order valence-corrected chi connectivity index (χ1v) is 5.18. The number of hydrogen-bond acceptors (Lipinski definition) is 3. The summed E-state index contributed by atoms with van der Waals surface area (Å²) < 4.78 is 9.86. The van der Waals surface area contributed by atoms with E-state index in [4.69, 9.17) is 9.47 Å². The molecular weight excluding hydrogens is 180 g/mol. The molecule has 0 spiro atoms. The summed E-state index contributed by atoms with van der Waals surface area (Å²) in [7, 11) is 0. The summed E-state index contributed by atoms with van der Waals surface area (Å²) in [5.74, 6) is 0.444. The van der Waals surface area contributed by atoms with Gasteiger partial charge in [0.15, 0.2) is 5.60 Å². The third kappa shape index (κ3) is 2.50. The predicted octanol–water partition coefficient (Wildman–Crippen LogP) is 3.40. The van der Waals surface area contributed by atoms with Gasteiger partial charge < -0.3 is 9.47 Å². The summed E-state index contributed by atoms with van der Waals surface area (Å²) in [6.45, 7) is 7.71. The van der Waals surface area contributed by atoms with E-state index in [0.29, 0.717) is 5.76 Å². The highest BCUT2D eigenvalue weighted by atomic mass is 16.8. The number of carbonyl (C=O) groups excluding carboxylic acids is 1. The fourth-order valence-corrected chi connectivity index (χ4v) is 1.55. The van der Waals surface area contributed by atoms with Crippen molar-refractivity contribution in [3.63, 3.8) is 0 Å². The normalized spacial score (nSPS) is 26.1. The molecule has 1 unspecified atom stereocenters. The Hall–Kier alpha value is -0.990. The Balaban J connectivity index is 2.35. The number of rotatable bonds is 5. The maximum atomic E-state index is 10.9. The minimum absolute atomic E-state index is 0.444. The highest BCUT2D eigenvalue weighted by Gasteiger charge is 2.41. The molecule has 1 fully saturated rings. The van der Waals surface area contributed by atoms with Crippen molar-refractivity contribution in [2.75, 3.05) is 0 Å². The Kier molecular flexibility index (Phi) is 3.55. The largest absolute Gasteiger partial charge is 0.514 e. The Morgan fingerprint density at radius 3 is 2.57 bits per heavy atom. The van der Waals surface area contributed by atoms with Crippen molar-refractivity contribution < 1.29 is 14.3 Å². The molecule has 0 amide bonds. The summed E-state index contributed by atoms with van der Waals surface area (Å²) in [6.07, 6.45) is 4.81. The zero-order valence-electron chi connectivity index (χ0n) is 8.97. The second kappa shape index (κ2) is 4.49. The molecule has 1 saturated heterocycles. The van der Waals surface area contributed by atoms with Crippen LogP contribution in [-0.4, -0.2) is 11.8 Å². The average Bonchev–Trinajstić information content (AvgIpc) is 2.36.